The molecule has 0 saturated heterocycles. The Kier molecular flexibility index (Phi) is 5.42. The summed E-state index contributed by atoms with van der Waals surface area (Å²) in [5, 5.41) is 9.12. The van der Waals surface area contributed by atoms with E-state index in [0.29, 0.717) is 17.9 Å². The van der Waals surface area contributed by atoms with Gasteiger partial charge in [0.1, 0.15) is 0 Å². The van der Waals surface area contributed by atoms with Crippen molar-refractivity contribution in [3.8, 4) is 5.75 Å². The van der Waals surface area contributed by atoms with Gasteiger partial charge in [-0.3, -0.25) is 0 Å². The number of nitrogens with zero attached hydrogens (tertiary/aromatic N) is 1. The highest BCUT2D eigenvalue weighted by Crippen LogP contribution is 2.32. The maximum Gasteiger partial charge on any atom is 0.167 e. The van der Waals surface area contributed by atoms with Gasteiger partial charge in [0.2, 0.25) is 0 Å². The number of nitrogens with two attached hydrogens (primary N) is 1. The van der Waals surface area contributed by atoms with E-state index in [1.165, 1.54) is 6.07 Å². The van der Waals surface area contributed by atoms with E-state index in [2.05, 4.69) is 0 Å². The zero-order valence-electron chi connectivity index (χ0n) is 12.0. The maximum absolute atomic E-state index is 13.8. The van der Waals surface area contributed by atoms with Gasteiger partial charge in [-0.15, -0.1) is 0 Å². The molecule has 4 nitrogen and oxygen atoms in total. The predicted octanol–water partition coefficient (Wildman–Crippen LogP) is 2.40. The molecule has 0 aliphatic carbocycles. The van der Waals surface area contributed by atoms with Crippen LogP contribution in [0.25, 0.3) is 0 Å². The number of benzene rings is 1. The Bertz CT molecular complexity index is 422. The first kappa shape index (κ1) is 15.6. The van der Waals surface area contributed by atoms with Crippen LogP contribution in [0.2, 0.25) is 0 Å². The molecule has 0 amide bonds. The van der Waals surface area contributed by atoms with Crippen molar-refractivity contribution in [1.82, 2.24) is 0 Å². The van der Waals surface area contributed by atoms with Crippen LogP contribution >= 0.6 is 0 Å². The molecular formula is C14H23FN2O2. The Balaban J connectivity index is 3.17. The minimum absolute atomic E-state index is 0.00929. The summed E-state index contributed by atoms with van der Waals surface area (Å²) in [5.41, 5.74) is 6.90. The Morgan fingerprint density at radius 1 is 1.32 bits per heavy atom. The number of aliphatic hydroxyl groups excluding tert-OH is 1. The van der Waals surface area contributed by atoms with Crippen LogP contribution < -0.4 is 15.4 Å². The third-order valence-corrected chi connectivity index (χ3v) is 2.72. The second-order valence-corrected chi connectivity index (χ2v) is 5.02. The molecule has 1 aromatic rings. The summed E-state index contributed by atoms with van der Waals surface area (Å²) in [4.78, 5) is 1.92. The van der Waals surface area contributed by atoms with Gasteiger partial charge in [-0.05, 0) is 27.7 Å². The lowest BCUT2D eigenvalue weighted by Gasteiger charge is -2.30. The van der Waals surface area contributed by atoms with Gasteiger partial charge in [0.25, 0.3) is 0 Å². The lowest BCUT2D eigenvalue weighted by atomic mass is 10.2. The van der Waals surface area contributed by atoms with E-state index >= 15 is 0 Å². The molecule has 0 aliphatic rings. The van der Waals surface area contributed by atoms with Crippen LogP contribution in [0.15, 0.2) is 12.1 Å². The zero-order valence-corrected chi connectivity index (χ0v) is 12.0. The van der Waals surface area contributed by atoms with Gasteiger partial charge >= 0.3 is 0 Å². The fraction of sp³-hybridized carbons (Fsp3) is 0.571. The summed E-state index contributed by atoms with van der Waals surface area (Å²) < 4.78 is 19.2. The number of hydrogen-bond donors (Lipinski definition) is 2. The number of aliphatic hydroxyl groups is 1. The third kappa shape index (κ3) is 3.99. The molecule has 0 saturated carbocycles. The third-order valence-electron chi connectivity index (χ3n) is 2.72. The van der Waals surface area contributed by atoms with E-state index in [4.69, 9.17) is 15.6 Å². The van der Waals surface area contributed by atoms with Crippen molar-refractivity contribution in [1.29, 1.82) is 0 Å². The molecule has 108 valence electrons. The number of nitrogen functional groups attached to an aromatic ring is 1. The normalized spacial score (nSPS) is 11.2. The quantitative estimate of drug-likeness (QED) is 0.779. The average molecular weight is 270 g/mol. The minimum atomic E-state index is -0.470. The minimum Gasteiger partial charge on any atom is -0.488 e. The largest absolute Gasteiger partial charge is 0.488 e. The van der Waals surface area contributed by atoms with Crippen LogP contribution in [0.3, 0.4) is 0 Å². The predicted molar refractivity (Wildman–Crippen MR) is 76.1 cm³/mol. The highest BCUT2D eigenvalue weighted by atomic mass is 19.1. The first-order valence-electron chi connectivity index (χ1n) is 6.50. The lowest BCUT2D eigenvalue weighted by molar-refractivity contribution is 0.231. The van der Waals surface area contributed by atoms with E-state index in [-0.39, 0.29) is 24.5 Å². The molecule has 0 heterocycles. The van der Waals surface area contributed by atoms with E-state index in [9.17, 15) is 4.39 Å². The molecule has 19 heavy (non-hydrogen) atoms. The topological polar surface area (TPSA) is 58.7 Å². The van der Waals surface area contributed by atoms with E-state index in [1.54, 1.807) is 6.07 Å². The van der Waals surface area contributed by atoms with Crippen LogP contribution in [0.5, 0.6) is 5.75 Å². The van der Waals surface area contributed by atoms with Gasteiger partial charge in [0, 0.05) is 24.7 Å². The van der Waals surface area contributed by atoms with Crippen LogP contribution in [-0.2, 0) is 0 Å². The zero-order chi connectivity index (χ0) is 14.6. The SMILES string of the molecule is CC(C)Oc1cc(N(CCO)C(C)C)c(N)cc1F. The van der Waals surface area contributed by atoms with Crippen molar-refractivity contribution in [2.75, 3.05) is 23.8 Å². The second kappa shape index (κ2) is 6.61. The van der Waals surface area contributed by atoms with Gasteiger partial charge in [-0.25, -0.2) is 4.39 Å². The molecule has 0 aromatic heterocycles. The van der Waals surface area contributed by atoms with Gasteiger partial charge in [-0.2, -0.15) is 0 Å². The van der Waals surface area contributed by atoms with Gasteiger partial charge < -0.3 is 20.5 Å². The lowest BCUT2D eigenvalue weighted by Crippen LogP contribution is -2.34. The van der Waals surface area contributed by atoms with Gasteiger partial charge in [-0.1, -0.05) is 0 Å². The van der Waals surface area contributed by atoms with Crippen molar-refractivity contribution >= 4 is 11.4 Å². The number of rotatable bonds is 6. The summed E-state index contributed by atoms with van der Waals surface area (Å²) >= 11 is 0. The smallest absolute Gasteiger partial charge is 0.167 e. The number of halogens is 1. The molecule has 1 aromatic carbocycles. The molecule has 0 aliphatic heterocycles. The fourth-order valence-electron chi connectivity index (χ4n) is 1.92. The molecule has 0 spiro atoms. The Labute approximate surface area is 114 Å². The second-order valence-electron chi connectivity index (χ2n) is 5.02. The summed E-state index contributed by atoms with van der Waals surface area (Å²) in [6.45, 7) is 8.10. The van der Waals surface area contributed by atoms with Crippen LogP contribution in [0.4, 0.5) is 15.8 Å². The molecule has 0 bridgehead atoms. The highest BCUT2D eigenvalue weighted by molar-refractivity contribution is 5.70. The van der Waals surface area contributed by atoms with Crippen molar-refractivity contribution in [2.45, 2.75) is 39.8 Å². The summed E-state index contributed by atoms with van der Waals surface area (Å²) in [5.74, 6) is -0.287. The van der Waals surface area contributed by atoms with Crippen LogP contribution in [0.1, 0.15) is 27.7 Å². The molecule has 0 unspecified atom stereocenters. The monoisotopic (exact) mass is 270 g/mol. The number of ether oxygens (including phenoxy) is 1. The maximum atomic E-state index is 13.8. The fourth-order valence-corrected chi connectivity index (χ4v) is 1.92. The van der Waals surface area contributed by atoms with Crippen molar-refractivity contribution in [2.24, 2.45) is 0 Å². The summed E-state index contributed by atoms with van der Waals surface area (Å²) in [6.07, 6.45) is -0.115. The first-order valence-corrected chi connectivity index (χ1v) is 6.50. The van der Waals surface area contributed by atoms with Gasteiger partial charge in [0.05, 0.1) is 24.1 Å². The first-order chi connectivity index (χ1) is 8.86. The Morgan fingerprint density at radius 3 is 2.42 bits per heavy atom. The van der Waals surface area contributed by atoms with E-state index in [1.807, 2.05) is 32.6 Å². The molecular weight excluding hydrogens is 247 g/mol. The molecule has 5 heteroatoms. The summed E-state index contributed by atoms with van der Waals surface area (Å²) in [7, 11) is 0. The average Bonchev–Trinajstić information content (AvgIpc) is 2.29. The molecule has 0 fully saturated rings. The van der Waals surface area contributed by atoms with Crippen molar-refractivity contribution in [3.05, 3.63) is 17.9 Å². The van der Waals surface area contributed by atoms with Crippen LogP contribution in [-0.4, -0.2) is 30.4 Å². The van der Waals surface area contributed by atoms with Crippen molar-refractivity contribution in [3.63, 3.8) is 0 Å². The van der Waals surface area contributed by atoms with Crippen molar-refractivity contribution < 1.29 is 14.2 Å². The van der Waals surface area contributed by atoms with E-state index in [0.717, 1.165) is 0 Å². The van der Waals surface area contributed by atoms with E-state index < -0.39 is 5.82 Å². The molecule has 1 rings (SSSR count). The molecule has 3 N–H and O–H groups in total. The standard InChI is InChI=1S/C14H23FN2O2/c1-9(2)17(5-6-18)13-8-14(19-10(3)4)11(15)7-12(13)16/h7-10,18H,5-6,16H2,1-4H3. The molecule has 0 atom stereocenters. The van der Waals surface area contributed by atoms with Crippen LogP contribution in [0, 0.1) is 5.82 Å². The summed E-state index contributed by atoms with van der Waals surface area (Å²) in [6, 6.07) is 3.01. The highest BCUT2D eigenvalue weighted by Gasteiger charge is 2.17. The number of anilines is 2. The Hall–Kier alpha value is -1.49. The Morgan fingerprint density at radius 2 is 1.95 bits per heavy atom. The molecule has 0 radical (unpaired) electrons. The number of hydrogen-bond acceptors (Lipinski definition) is 4. The van der Waals surface area contributed by atoms with Gasteiger partial charge in [0.15, 0.2) is 11.6 Å².